The molecule has 0 fully saturated rings. The molecule has 2 aliphatic rings. The Hall–Kier alpha value is -7.14. The van der Waals surface area contributed by atoms with E-state index in [-0.39, 0.29) is 27.8 Å². The second-order valence-corrected chi connectivity index (χ2v) is 15.3. The summed E-state index contributed by atoms with van der Waals surface area (Å²) in [6.07, 6.45) is 2.05. The van der Waals surface area contributed by atoms with Crippen molar-refractivity contribution >= 4 is 67.7 Å². The molecule has 0 atom stereocenters. The standard InChI is InChI=1S/C54H34BN4O.Pt/c1-4-15-37(16-5-1)38-27-30-50-46(31-38)45-29-28-43(60-42-22-14-21-41(32-42)58-36-57(40-19-8-3-9-20-40)51-25-12-13-26-52(51)58)33-53(45)59(50)54-34-49-47(35-56-54)44-23-10-11-24-48(44)55(49)39-17-6-2-7-18-39;/h1-31,34-36H;/q-3;. The quantitative estimate of drug-likeness (QED) is 0.118. The van der Waals surface area contributed by atoms with Crippen LogP contribution in [0.2, 0.25) is 0 Å². The summed E-state index contributed by atoms with van der Waals surface area (Å²) >= 11 is 0. The van der Waals surface area contributed by atoms with Gasteiger partial charge in [0.15, 0.2) is 0 Å². The maximum Gasteiger partial charge on any atom is 0.243 e. The van der Waals surface area contributed by atoms with Gasteiger partial charge in [-0.15, -0.1) is 48.1 Å². The molecule has 5 nitrogen and oxygen atoms in total. The third-order valence-corrected chi connectivity index (χ3v) is 11.8. The molecule has 0 radical (unpaired) electrons. The number of para-hydroxylation sites is 3. The van der Waals surface area contributed by atoms with Crippen molar-refractivity contribution in [2.45, 2.75) is 0 Å². The number of aromatic nitrogens is 2. The van der Waals surface area contributed by atoms with E-state index in [1.54, 1.807) is 0 Å². The van der Waals surface area contributed by atoms with Gasteiger partial charge in [0.25, 0.3) is 0 Å². The van der Waals surface area contributed by atoms with Gasteiger partial charge in [0.05, 0.1) is 0 Å². The molecule has 0 bridgehead atoms. The van der Waals surface area contributed by atoms with Gasteiger partial charge in [0.2, 0.25) is 6.71 Å². The molecular weight excluding hydrogens is 927 g/mol. The monoisotopic (exact) mass is 960 g/mol. The molecule has 0 spiro atoms. The van der Waals surface area contributed by atoms with Crippen molar-refractivity contribution in [1.29, 1.82) is 0 Å². The number of anilines is 4. The Bertz CT molecular complexity index is 3250. The Morgan fingerprint density at radius 3 is 2.05 bits per heavy atom. The molecule has 8 aromatic carbocycles. The minimum Gasteiger partial charge on any atom is -0.509 e. The molecule has 2 aromatic heterocycles. The smallest absolute Gasteiger partial charge is 0.243 e. The Balaban J connectivity index is 0.00000420. The summed E-state index contributed by atoms with van der Waals surface area (Å²) in [5.41, 5.74) is 14.6. The van der Waals surface area contributed by atoms with Gasteiger partial charge in [0.1, 0.15) is 5.82 Å². The van der Waals surface area contributed by atoms with Crippen molar-refractivity contribution in [3.63, 3.8) is 0 Å². The van der Waals surface area contributed by atoms with Crippen LogP contribution < -0.4 is 30.9 Å². The van der Waals surface area contributed by atoms with Crippen LogP contribution in [0.5, 0.6) is 11.5 Å². The fourth-order valence-corrected chi connectivity index (χ4v) is 9.10. The first kappa shape index (κ1) is 36.9. The number of hydrogen-bond acceptors (Lipinski definition) is 4. The molecule has 292 valence electrons. The number of rotatable bonds is 7. The number of pyridine rings is 1. The average molecular weight is 961 g/mol. The molecule has 0 N–H and O–H groups in total. The summed E-state index contributed by atoms with van der Waals surface area (Å²) < 4.78 is 8.90. The van der Waals surface area contributed by atoms with Crippen LogP contribution in [0, 0.1) is 18.8 Å². The van der Waals surface area contributed by atoms with Crippen molar-refractivity contribution in [1.82, 2.24) is 9.55 Å². The van der Waals surface area contributed by atoms with Gasteiger partial charge in [-0.1, -0.05) is 149 Å². The van der Waals surface area contributed by atoms with Crippen LogP contribution in [0.3, 0.4) is 0 Å². The normalized spacial score (nSPS) is 12.6. The Labute approximate surface area is 369 Å². The molecule has 4 heterocycles. The number of ether oxygens (including phenoxy) is 1. The average Bonchev–Trinajstić information content (AvgIpc) is 3.97. The van der Waals surface area contributed by atoms with E-state index in [1.165, 1.54) is 33.1 Å². The zero-order chi connectivity index (χ0) is 39.6. The summed E-state index contributed by atoms with van der Waals surface area (Å²) in [7, 11) is 0. The Morgan fingerprint density at radius 1 is 0.525 bits per heavy atom. The van der Waals surface area contributed by atoms with Gasteiger partial charge in [0, 0.05) is 61.3 Å². The first-order valence-corrected chi connectivity index (χ1v) is 20.2. The third kappa shape index (κ3) is 6.26. The molecule has 0 saturated carbocycles. The molecule has 0 unspecified atom stereocenters. The number of nitrogens with zero attached hydrogens (tertiary/aromatic N) is 4. The van der Waals surface area contributed by atoms with Crippen LogP contribution in [0.15, 0.2) is 200 Å². The summed E-state index contributed by atoms with van der Waals surface area (Å²) in [4.78, 5) is 9.56. The number of benzene rings is 8. The summed E-state index contributed by atoms with van der Waals surface area (Å²) in [6, 6.07) is 75.3. The Kier molecular flexibility index (Phi) is 9.17. The van der Waals surface area contributed by atoms with Crippen molar-refractivity contribution < 1.29 is 25.8 Å². The molecular formula is C54H34BN4OPt-3. The van der Waals surface area contributed by atoms with Gasteiger partial charge >= 0.3 is 0 Å². The molecule has 0 aliphatic carbocycles. The predicted octanol–water partition coefficient (Wildman–Crippen LogP) is 11.1. The molecule has 61 heavy (non-hydrogen) atoms. The van der Waals surface area contributed by atoms with Crippen LogP contribution >= 0.6 is 0 Å². The fourth-order valence-electron chi connectivity index (χ4n) is 9.10. The van der Waals surface area contributed by atoms with E-state index in [2.05, 4.69) is 209 Å². The first-order valence-electron chi connectivity index (χ1n) is 20.2. The van der Waals surface area contributed by atoms with E-state index < -0.39 is 0 Å². The van der Waals surface area contributed by atoms with Crippen molar-refractivity contribution in [3.05, 3.63) is 219 Å². The van der Waals surface area contributed by atoms with E-state index in [1.807, 2.05) is 24.3 Å². The van der Waals surface area contributed by atoms with E-state index >= 15 is 0 Å². The SMILES string of the molecule is [Pt].[c-]1c(Oc2[c-]c3c(cc2)c2cc(-c4ccccc4)ccc2n3-c2cc3c(cn2)-c2ccccc2B3c2ccccc2)cccc1N1[CH-]N(c2ccccc2)c2ccccc21. The van der Waals surface area contributed by atoms with Crippen LogP contribution in [0.25, 0.3) is 49.9 Å². The molecule has 0 saturated heterocycles. The van der Waals surface area contributed by atoms with Crippen molar-refractivity contribution in [2.75, 3.05) is 9.80 Å². The van der Waals surface area contributed by atoms with E-state index in [0.29, 0.717) is 11.5 Å². The topological polar surface area (TPSA) is 33.5 Å². The van der Waals surface area contributed by atoms with Gasteiger partial charge in [-0.3, -0.25) is 0 Å². The predicted molar refractivity (Wildman–Crippen MR) is 246 cm³/mol. The van der Waals surface area contributed by atoms with Gasteiger partial charge in [-0.2, -0.15) is 12.1 Å². The second kappa shape index (κ2) is 15.2. The number of fused-ring (bicyclic) bond motifs is 7. The molecule has 12 rings (SSSR count). The van der Waals surface area contributed by atoms with Crippen LogP contribution in [-0.2, 0) is 21.1 Å². The second-order valence-electron chi connectivity index (χ2n) is 15.3. The Morgan fingerprint density at radius 2 is 1.23 bits per heavy atom. The van der Waals surface area contributed by atoms with Crippen LogP contribution in [0.4, 0.5) is 22.7 Å². The van der Waals surface area contributed by atoms with Crippen LogP contribution in [-0.4, -0.2) is 16.3 Å². The van der Waals surface area contributed by atoms with Crippen LogP contribution in [0.1, 0.15) is 0 Å². The maximum atomic E-state index is 6.66. The van der Waals surface area contributed by atoms with Gasteiger partial charge in [-0.05, 0) is 64.0 Å². The van der Waals surface area contributed by atoms with Crippen molar-refractivity contribution in [3.8, 4) is 39.6 Å². The molecule has 2 aliphatic heterocycles. The first-order chi connectivity index (χ1) is 29.7. The fraction of sp³-hybridized carbons (Fsp3) is 0. The van der Waals surface area contributed by atoms with E-state index in [9.17, 15) is 0 Å². The van der Waals surface area contributed by atoms with Gasteiger partial charge < -0.3 is 19.1 Å². The largest absolute Gasteiger partial charge is 0.509 e. The maximum absolute atomic E-state index is 6.66. The zero-order valence-corrected chi connectivity index (χ0v) is 35.0. The minimum atomic E-state index is 0. The molecule has 7 heteroatoms. The summed E-state index contributed by atoms with van der Waals surface area (Å²) in [5, 5.41) is 2.20. The van der Waals surface area contributed by atoms with Gasteiger partial charge in [-0.25, -0.2) is 4.98 Å². The molecule has 0 amide bonds. The zero-order valence-electron chi connectivity index (χ0n) is 32.7. The number of hydrogen-bond donors (Lipinski definition) is 0. The van der Waals surface area contributed by atoms with E-state index in [4.69, 9.17) is 9.72 Å². The van der Waals surface area contributed by atoms with Crippen molar-refractivity contribution in [2.24, 2.45) is 0 Å². The minimum absolute atomic E-state index is 0. The third-order valence-electron chi connectivity index (χ3n) is 11.8. The molecule has 10 aromatic rings. The van der Waals surface area contributed by atoms with E-state index in [0.717, 1.165) is 55.9 Å². The summed E-state index contributed by atoms with van der Waals surface area (Å²) in [5.74, 6) is 2.03. The summed E-state index contributed by atoms with van der Waals surface area (Å²) in [6.45, 7) is 2.21.